The molecule has 14 nitrogen and oxygen atoms in total. The number of rotatable bonds is 11. The van der Waals surface area contributed by atoms with Gasteiger partial charge < -0.3 is 9.79 Å². The molecule has 0 amide bonds. The molecule has 2 aliphatic rings. The first-order valence-corrected chi connectivity index (χ1v) is 20.0. The van der Waals surface area contributed by atoms with Crippen LogP contribution in [0.5, 0.6) is 0 Å². The molecule has 3 aromatic rings. The second kappa shape index (κ2) is 13.8. The molecule has 3 aromatic carbocycles. The van der Waals surface area contributed by atoms with Crippen LogP contribution in [0, 0.1) is 28.6 Å². The molecule has 0 radical (unpaired) electrons. The van der Waals surface area contributed by atoms with E-state index in [1.165, 1.54) is 32.9 Å². The molecule has 17 heteroatoms. The third kappa shape index (κ3) is 8.03. The third-order valence-electron chi connectivity index (χ3n) is 8.72. The van der Waals surface area contributed by atoms with Crippen molar-refractivity contribution in [3.05, 3.63) is 46.9 Å². The van der Waals surface area contributed by atoms with Crippen molar-refractivity contribution in [1.29, 1.82) is 0 Å². The molecule has 0 spiro atoms. The normalized spacial score (nSPS) is 23.7. The van der Waals surface area contributed by atoms with E-state index >= 15 is 0 Å². The molecule has 47 heavy (non-hydrogen) atoms. The molecule has 2 saturated heterocycles. The predicted molar refractivity (Wildman–Crippen MR) is 178 cm³/mol. The first-order valence-electron chi connectivity index (χ1n) is 15.4. The predicted octanol–water partition coefficient (Wildman–Crippen LogP) is 5.28. The molecular formula is C30H41N4O10PS2. The van der Waals surface area contributed by atoms with Crippen LogP contribution in [0.15, 0.2) is 46.5 Å². The Morgan fingerprint density at radius 3 is 1.91 bits per heavy atom. The van der Waals surface area contributed by atoms with Crippen LogP contribution < -0.4 is 5.48 Å². The van der Waals surface area contributed by atoms with E-state index in [2.05, 4.69) is 15.2 Å². The average Bonchev–Trinajstić information content (AvgIpc) is 2.96. The number of hydrogen-bond acceptors (Lipinski definition) is 10. The highest BCUT2D eigenvalue weighted by molar-refractivity contribution is 7.89. The van der Waals surface area contributed by atoms with Crippen molar-refractivity contribution in [2.45, 2.75) is 51.2 Å². The van der Waals surface area contributed by atoms with Crippen molar-refractivity contribution in [2.75, 3.05) is 38.5 Å². The van der Waals surface area contributed by atoms with Crippen LogP contribution in [0.3, 0.4) is 0 Å². The van der Waals surface area contributed by atoms with Gasteiger partial charge >= 0.3 is 7.82 Å². The largest absolute Gasteiger partial charge is 0.471 e. The number of piperidine rings is 2. The van der Waals surface area contributed by atoms with Crippen molar-refractivity contribution < 1.29 is 40.5 Å². The fourth-order valence-corrected chi connectivity index (χ4v) is 10.6. The number of nitrogens with zero attached hydrogens (tertiary/aromatic N) is 3. The van der Waals surface area contributed by atoms with Crippen LogP contribution in [0.1, 0.15) is 46.1 Å². The van der Waals surface area contributed by atoms with E-state index in [0.717, 1.165) is 12.8 Å². The van der Waals surface area contributed by atoms with E-state index in [-0.39, 0.29) is 56.5 Å². The summed E-state index contributed by atoms with van der Waals surface area (Å²) in [7, 11) is -12.5. The Bertz CT molecular complexity index is 1920. The Balaban J connectivity index is 1.61. The lowest BCUT2D eigenvalue weighted by Crippen LogP contribution is -2.43. The number of nitrogens with one attached hydrogen (secondary N) is 1. The van der Waals surface area contributed by atoms with Gasteiger partial charge in [-0.25, -0.2) is 30.5 Å². The van der Waals surface area contributed by atoms with Gasteiger partial charge in [-0.05, 0) is 65.5 Å². The maximum Gasteiger partial charge on any atom is 0.471 e. The SMILES string of the molecule is CC1CC(C)CN(S(=O)(=O)Cc2ccc3c(NOCOP(=O)(O)O)c4ccc(S(=O)(=O)N5CC(C)CC(C)C5)cc4c(N=O)c3c2)C1. The van der Waals surface area contributed by atoms with Crippen LogP contribution in [0.25, 0.3) is 21.5 Å². The van der Waals surface area contributed by atoms with E-state index in [1.807, 2.05) is 27.7 Å². The first kappa shape index (κ1) is 35.8. The fraction of sp³-hybridized carbons (Fsp3) is 0.533. The summed E-state index contributed by atoms with van der Waals surface area (Å²) in [4.78, 5) is 35.7. The Kier molecular flexibility index (Phi) is 10.5. The van der Waals surface area contributed by atoms with E-state index in [1.54, 1.807) is 12.1 Å². The highest BCUT2D eigenvalue weighted by Crippen LogP contribution is 2.44. The summed E-state index contributed by atoms with van der Waals surface area (Å²) in [5, 5.41) is 4.39. The lowest BCUT2D eigenvalue weighted by atomic mass is 9.93. The minimum Gasteiger partial charge on any atom is -0.303 e. The van der Waals surface area contributed by atoms with Gasteiger partial charge in [0, 0.05) is 47.7 Å². The Labute approximate surface area is 274 Å². The smallest absolute Gasteiger partial charge is 0.303 e. The van der Waals surface area contributed by atoms with E-state index < -0.39 is 34.7 Å². The monoisotopic (exact) mass is 712 g/mol. The molecule has 4 atom stereocenters. The zero-order valence-corrected chi connectivity index (χ0v) is 29.2. The van der Waals surface area contributed by atoms with E-state index in [9.17, 15) is 26.3 Å². The maximum absolute atomic E-state index is 13.8. The van der Waals surface area contributed by atoms with Crippen molar-refractivity contribution >= 4 is 60.8 Å². The standard InChI is InChI=1S/C30H41N4O10PS2/c1-19-9-20(2)14-33(13-19)46(39,40)17-23-5-7-25-27(11-23)29(31-35)28-12-24(47(41,42)34-15-21(3)10-22(4)16-34)6-8-26(28)30(25)32-43-18-44-45(36,37)38/h5-8,11-12,19-22,32H,9-10,13-18H2,1-4H3,(H2,36,37,38). The van der Waals surface area contributed by atoms with Crippen LogP contribution >= 0.6 is 7.82 Å². The third-order valence-corrected chi connectivity index (χ3v) is 12.8. The molecule has 0 bridgehead atoms. The molecule has 2 fully saturated rings. The number of phosphoric acid groups is 1. The van der Waals surface area contributed by atoms with Crippen LogP contribution in [0.4, 0.5) is 11.4 Å². The lowest BCUT2D eigenvalue weighted by molar-refractivity contribution is 0.0274. The van der Waals surface area contributed by atoms with Crippen LogP contribution in [0.2, 0.25) is 0 Å². The fourth-order valence-electron chi connectivity index (χ4n) is 6.97. The number of phosphoric ester groups is 1. The number of hydrogen-bond donors (Lipinski definition) is 3. The highest BCUT2D eigenvalue weighted by Gasteiger charge is 2.33. The topological polar surface area (TPSA) is 192 Å². The molecule has 3 N–H and O–H groups in total. The Morgan fingerprint density at radius 2 is 1.36 bits per heavy atom. The van der Waals surface area contributed by atoms with Crippen molar-refractivity contribution in [3.8, 4) is 0 Å². The van der Waals surface area contributed by atoms with E-state index in [4.69, 9.17) is 14.6 Å². The Hall–Kier alpha value is -2.53. The molecule has 0 aliphatic carbocycles. The maximum atomic E-state index is 13.8. The molecular weight excluding hydrogens is 671 g/mol. The van der Waals surface area contributed by atoms with Crippen molar-refractivity contribution in [3.63, 3.8) is 0 Å². The number of sulfonamides is 2. The second-order valence-corrected chi connectivity index (χ2v) is 18.3. The molecule has 5 rings (SSSR count). The summed E-state index contributed by atoms with van der Waals surface area (Å²) in [6, 6.07) is 9.01. The van der Waals surface area contributed by atoms with Gasteiger partial charge in [0.25, 0.3) is 0 Å². The lowest BCUT2D eigenvalue weighted by Gasteiger charge is -2.34. The minimum absolute atomic E-state index is 0.0423. The van der Waals surface area contributed by atoms with Gasteiger partial charge in [0.1, 0.15) is 5.69 Å². The van der Waals surface area contributed by atoms with Gasteiger partial charge in [-0.1, -0.05) is 45.9 Å². The number of nitroso groups, excluding NO2 is 1. The van der Waals surface area contributed by atoms with Crippen molar-refractivity contribution in [1.82, 2.24) is 8.61 Å². The van der Waals surface area contributed by atoms with Gasteiger partial charge in [-0.15, -0.1) is 4.91 Å². The summed E-state index contributed by atoms with van der Waals surface area (Å²) >= 11 is 0. The Morgan fingerprint density at radius 1 is 0.830 bits per heavy atom. The molecule has 2 heterocycles. The van der Waals surface area contributed by atoms with Gasteiger partial charge in [-0.2, -0.15) is 4.31 Å². The van der Waals surface area contributed by atoms with Gasteiger partial charge in [0.05, 0.1) is 16.3 Å². The summed E-state index contributed by atoms with van der Waals surface area (Å²) in [6.07, 6.45) is 1.84. The summed E-state index contributed by atoms with van der Waals surface area (Å²) in [5.41, 5.74) is 3.15. The zero-order chi connectivity index (χ0) is 34.3. The van der Waals surface area contributed by atoms with Gasteiger partial charge in [0.2, 0.25) is 20.0 Å². The number of anilines is 1. The molecule has 0 aromatic heterocycles. The number of benzene rings is 3. The van der Waals surface area contributed by atoms with Gasteiger partial charge in [0.15, 0.2) is 6.79 Å². The molecule has 4 unspecified atom stereocenters. The summed E-state index contributed by atoms with van der Waals surface area (Å²) < 4.78 is 73.0. The zero-order valence-electron chi connectivity index (χ0n) is 26.7. The first-order chi connectivity index (χ1) is 22.0. The van der Waals surface area contributed by atoms with Gasteiger partial charge in [-0.3, -0.25) is 10.0 Å². The quantitative estimate of drug-likeness (QED) is 0.0586. The average molecular weight is 713 g/mol. The molecule has 0 saturated carbocycles. The van der Waals surface area contributed by atoms with Crippen LogP contribution in [-0.2, 0) is 39.7 Å². The van der Waals surface area contributed by atoms with Crippen LogP contribution in [-0.4, -0.2) is 68.2 Å². The van der Waals surface area contributed by atoms with Crippen molar-refractivity contribution in [2.24, 2.45) is 28.8 Å². The number of fused-ring (bicyclic) bond motifs is 2. The summed E-state index contributed by atoms with van der Waals surface area (Å²) in [6.45, 7) is 8.73. The minimum atomic E-state index is -4.84. The highest BCUT2D eigenvalue weighted by atomic mass is 32.2. The second-order valence-electron chi connectivity index (χ2n) is 13.2. The molecule has 258 valence electrons. The van der Waals surface area contributed by atoms with E-state index in [0.29, 0.717) is 42.5 Å². The molecule has 2 aliphatic heterocycles. The summed E-state index contributed by atoms with van der Waals surface area (Å²) in [5.74, 6) is 0.437.